The van der Waals surface area contributed by atoms with E-state index in [0.29, 0.717) is 11.5 Å². The minimum absolute atomic E-state index is 0.143. The minimum Gasteiger partial charge on any atom is -0.497 e. The number of alkyl halides is 6. The van der Waals surface area contributed by atoms with Crippen molar-refractivity contribution >= 4 is 81.8 Å². The minimum atomic E-state index is -1.91. The number of ether oxygens (including phenoxy) is 2. The Balaban J connectivity index is 2.47. The van der Waals surface area contributed by atoms with E-state index in [2.05, 4.69) is 15.0 Å². The van der Waals surface area contributed by atoms with E-state index in [1.807, 2.05) is 0 Å². The van der Waals surface area contributed by atoms with Crippen molar-refractivity contribution in [3.05, 3.63) is 41.2 Å². The molecule has 0 aliphatic carbocycles. The summed E-state index contributed by atoms with van der Waals surface area (Å²) < 4.78 is 6.62. The zero-order valence-corrected chi connectivity index (χ0v) is 17.8. The average Bonchev–Trinajstić information content (AvgIpc) is 2.57. The highest BCUT2D eigenvalue weighted by molar-refractivity contribution is 6.67. The number of hydrogen-bond acceptors (Lipinski definition) is 5. The first-order valence-corrected chi connectivity index (χ1v) is 9.11. The van der Waals surface area contributed by atoms with Crippen LogP contribution in [-0.2, 0) is 7.59 Å². The Morgan fingerprint density at radius 2 is 1.19 bits per heavy atom. The lowest BCUT2D eigenvalue weighted by Crippen LogP contribution is -2.16. The van der Waals surface area contributed by atoms with Gasteiger partial charge in [-0.2, -0.15) is 0 Å². The van der Waals surface area contributed by atoms with Crippen LogP contribution in [0.2, 0.25) is 0 Å². The van der Waals surface area contributed by atoms with Crippen molar-refractivity contribution in [2.24, 2.45) is 0 Å². The summed E-state index contributed by atoms with van der Waals surface area (Å²) in [5, 5.41) is 0. The molecule has 2 aromatic rings. The second-order valence-corrected chi connectivity index (χ2v) is 9.38. The van der Waals surface area contributed by atoms with Crippen LogP contribution < -0.4 is 9.47 Å². The highest BCUT2D eigenvalue weighted by Crippen LogP contribution is 2.40. The second kappa shape index (κ2) is 8.55. The molecule has 0 bridgehead atoms. The van der Waals surface area contributed by atoms with E-state index in [1.54, 1.807) is 44.6 Å². The Hall–Kier alpha value is -0.690. The van der Waals surface area contributed by atoms with Crippen molar-refractivity contribution in [2.45, 2.75) is 7.59 Å². The van der Waals surface area contributed by atoms with E-state index in [0.717, 1.165) is 5.56 Å². The number of hydrogen-bond donors (Lipinski definition) is 0. The SMILES string of the molecule is COc1cc(C=Cc2nc(C(Cl)(Cl)Cl)nc(C(Cl)(Cl)Cl)n2)cc(OC)c1. The maximum Gasteiger partial charge on any atom is 0.250 e. The summed E-state index contributed by atoms with van der Waals surface area (Å²) in [4.78, 5) is 12.0. The quantitative estimate of drug-likeness (QED) is 0.528. The summed E-state index contributed by atoms with van der Waals surface area (Å²) in [5.41, 5.74) is 0.757. The van der Waals surface area contributed by atoms with Gasteiger partial charge in [0.15, 0.2) is 17.5 Å². The number of rotatable bonds is 4. The molecule has 0 aliphatic rings. The van der Waals surface area contributed by atoms with E-state index in [4.69, 9.17) is 79.1 Å². The molecule has 0 spiro atoms. The predicted molar refractivity (Wildman–Crippen MR) is 107 cm³/mol. The monoisotopic (exact) mass is 475 g/mol. The summed E-state index contributed by atoms with van der Waals surface area (Å²) in [5.74, 6) is 1.04. The van der Waals surface area contributed by atoms with Gasteiger partial charge in [0.25, 0.3) is 0 Å². The third kappa shape index (κ3) is 5.91. The van der Waals surface area contributed by atoms with Gasteiger partial charge in [0.1, 0.15) is 11.5 Å². The molecule has 0 atom stereocenters. The maximum absolute atomic E-state index is 5.84. The topological polar surface area (TPSA) is 57.1 Å². The molecule has 0 fully saturated rings. The lowest BCUT2D eigenvalue weighted by molar-refractivity contribution is 0.394. The molecule has 2 rings (SSSR count). The molecule has 11 heteroatoms. The van der Waals surface area contributed by atoms with Gasteiger partial charge in [-0.05, 0) is 23.8 Å². The number of benzene rings is 1. The Labute approximate surface area is 180 Å². The molecule has 0 unspecified atom stereocenters. The summed E-state index contributed by atoms with van der Waals surface area (Å²) in [6.07, 6.45) is 3.25. The molecule has 140 valence electrons. The molecular weight excluding hydrogens is 467 g/mol. The highest BCUT2D eigenvalue weighted by atomic mass is 35.6. The number of nitrogens with zero attached hydrogens (tertiary/aromatic N) is 3. The van der Waals surface area contributed by atoms with Crippen LogP contribution >= 0.6 is 69.6 Å². The summed E-state index contributed by atoms with van der Waals surface area (Å²) in [6, 6.07) is 5.31. The molecule has 1 heterocycles. The van der Waals surface area contributed by atoms with Gasteiger partial charge in [-0.1, -0.05) is 75.7 Å². The van der Waals surface area contributed by atoms with Crippen LogP contribution in [0.1, 0.15) is 23.0 Å². The van der Waals surface area contributed by atoms with Crippen molar-refractivity contribution in [3.63, 3.8) is 0 Å². The number of aromatic nitrogens is 3. The van der Waals surface area contributed by atoms with Crippen LogP contribution in [0, 0.1) is 0 Å². The summed E-state index contributed by atoms with van der Waals surface area (Å²) >= 11 is 35.0. The highest BCUT2D eigenvalue weighted by Gasteiger charge is 2.33. The van der Waals surface area contributed by atoms with E-state index >= 15 is 0 Å². The van der Waals surface area contributed by atoms with Crippen LogP contribution in [-0.4, -0.2) is 29.2 Å². The normalized spacial score (nSPS) is 12.5. The van der Waals surface area contributed by atoms with Crippen molar-refractivity contribution in [1.82, 2.24) is 15.0 Å². The third-order valence-corrected chi connectivity index (χ3v) is 3.97. The average molecular weight is 478 g/mol. The fourth-order valence-electron chi connectivity index (χ4n) is 1.82. The van der Waals surface area contributed by atoms with Crippen LogP contribution in [0.3, 0.4) is 0 Å². The molecule has 0 saturated carbocycles. The van der Waals surface area contributed by atoms with Crippen molar-refractivity contribution in [3.8, 4) is 11.5 Å². The Morgan fingerprint density at radius 1 is 0.731 bits per heavy atom. The fourth-order valence-corrected chi connectivity index (χ4v) is 2.32. The number of methoxy groups -OCH3 is 2. The smallest absolute Gasteiger partial charge is 0.250 e. The fraction of sp³-hybridized carbons (Fsp3) is 0.267. The van der Waals surface area contributed by atoms with Gasteiger partial charge in [-0.25, -0.2) is 15.0 Å². The van der Waals surface area contributed by atoms with Gasteiger partial charge >= 0.3 is 0 Å². The second-order valence-electron chi connectivity index (χ2n) is 4.82. The Kier molecular flexibility index (Phi) is 7.10. The lowest BCUT2D eigenvalue weighted by Gasteiger charge is -2.14. The van der Waals surface area contributed by atoms with Crippen LogP contribution in [0.4, 0.5) is 0 Å². The molecular formula is C15H11Cl6N3O2. The van der Waals surface area contributed by atoms with E-state index in [1.165, 1.54) is 0 Å². The molecule has 0 saturated heterocycles. The molecule has 0 N–H and O–H groups in total. The van der Waals surface area contributed by atoms with E-state index < -0.39 is 7.59 Å². The van der Waals surface area contributed by atoms with Crippen LogP contribution in [0.25, 0.3) is 12.2 Å². The maximum atomic E-state index is 5.84. The van der Waals surface area contributed by atoms with Crippen molar-refractivity contribution in [1.29, 1.82) is 0 Å². The van der Waals surface area contributed by atoms with E-state index in [9.17, 15) is 0 Å². The number of halogens is 6. The van der Waals surface area contributed by atoms with Crippen molar-refractivity contribution < 1.29 is 9.47 Å². The molecule has 1 aromatic heterocycles. The molecule has 1 aromatic carbocycles. The third-order valence-electron chi connectivity index (χ3n) is 2.96. The molecule has 26 heavy (non-hydrogen) atoms. The Morgan fingerprint density at radius 3 is 1.58 bits per heavy atom. The first-order valence-electron chi connectivity index (χ1n) is 6.84. The van der Waals surface area contributed by atoms with E-state index in [-0.39, 0.29) is 17.5 Å². The van der Waals surface area contributed by atoms with Gasteiger partial charge in [-0.15, -0.1) is 0 Å². The zero-order chi connectivity index (χ0) is 19.5. The summed E-state index contributed by atoms with van der Waals surface area (Å²) in [7, 11) is 3.10. The lowest BCUT2D eigenvalue weighted by atomic mass is 10.2. The van der Waals surface area contributed by atoms with Crippen LogP contribution in [0.5, 0.6) is 11.5 Å². The Bertz CT molecular complexity index is 764. The standard InChI is InChI=1S/C15H11Cl6N3O2/c1-25-9-5-8(6-10(7-9)26-2)3-4-11-22-12(14(16,17)18)24-13(23-11)15(19,20)21/h3-7H,1-2H3. The molecule has 5 nitrogen and oxygen atoms in total. The van der Waals surface area contributed by atoms with Crippen LogP contribution in [0.15, 0.2) is 18.2 Å². The van der Waals surface area contributed by atoms with Crippen molar-refractivity contribution in [2.75, 3.05) is 14.2 Å². The predicted octanol–water partition coefficient (Wildman–Crippen LogP) is 5.71. The molecule has 0 radical (unpaired) electrons. The largest absolute Gasteiger partial charge is 0.497 e. The first-order chi connectivity index (χ1) is 12.0. The summed E-state index contributed by atoms with van der Waals surface area (Å²) in [6.45, 7) is 0. The first kappa shape index (κ1) is 21.6. The molecule has 0 amide bonds. The molecule has 0 aliphatic heterocycles. The zero-order valence-electron chi connectivity index (χ0n) is 13.3. The van der Waals surface area contributed by atoms with Gasteiger partial charge in [-0.3, -0.25) is 0 Å². The van der Waals surface area contributed by atoms with Gasteiger partial charge in [0, 0.05) is 6.07 Å². The van der Waals surface area contributed by atoms with Gasteiger partial charge in [0.05, 0.1) is 14.2 Å². The van der Waals surface area contributed by atoms with Gasteiger partial charge < -0.3 is 9.47 Å². The van der Waals surface area contributed by atoms with Gasteiger partial charge in [0.2, 0.25) is 7.59 Å².